The highest BCUT2D eigenvalue weighted by Crippen LogP contribution is 2.22. The summed E-state index contributed by atoms with van der Waals surface area (Å²) in [7, 11) is 1.63. The molecule has 0 unspecified atom stereocenters. The number of carbonyl (C=O) groups is 1. The van der Waals surface area contributed by atoms with Crippen LogP contribution in [0, 0.1) is 6.92 Å². The Labute approximate surface area is 178 Å². The third-order valence-electron chi connectivity index (χ3n) is 4.70. The van der Waals surface area contributed by atoms with Gasteiger partial charge in [-0.2, -0.15) is 0 Å². The zero-order chi connectivity index (χ0) is 21.1. The molecular weight excluding hydrogens is 402 g/mol. The number of rotatable bonds is 6. The second-order valence-electron chi connectivity index (χ2n) is 6.77. The molecule has 0 radical (unpaired) electrons. The van der Waals surface area contributed by atoms with Crippen LogP contribution < -0.4 is 10.1 Å². The minimum absolute atomic E-state index is 0.231. The monoisotopic (exact) mass is 421 g/mol. The number of hydrogen-bond acceptors (Lipinski definition) is 4. The summed E-state index contributed by atoms with van der Waals surface area (Å²) in [6.45, 7) is 2.34. The van der Waals surface area contributed by atoms with E-state index in [9.17, 15) is 4.79 Å². The van der Waals surface area contributed by atoms with Crippen molar-refractivity contribution in [3.05, 3.63) is 88.8 Å². The molecule has 0 aliphatic rings. The van der Waals surface area contributed by atoms with Crippen molar-refractivity contribution < 1.29 is 9.53 Å². The second kappa shape index (κ2) is 8.42. The summed E-state index contributed by atoms with van der Waals surface area (Å²) >= 11 is 6.01. The predicted octanol–water partition coefficient (Wildman–Crippen LogP) is 4.34. The molecule has 2 heterocycles. The van der Waals surface area contributed by atoms with E-state index < -0.39 is 0 Å². The zero-order valence-corrected chi connectivity index (χ0v) is 17.3. The van der Waals surface area contributed by atoms with Gasteiger partial charge in [-0.1, -0.05) is 28.9 Å². The lowest BCUT2D eigenvalue weighted by Crippen LogP contribution is -2.17. The molecule has 0 fully saturated rings. The van der Waals surface area contributed by atoms with Gasteiger partial charge in [0, 0.05) is 23.1 Å². The van der Waals surface area contributed by atoms with Crippen molar-refractivity contribution in [2.45, 2.75) is 13.5 Å². The van der Waals surface area contributed by atoms with Crippen LogP contribution in [0.1, 0.15) is 21.6 Å². The molecule has 4 aromatic rings. The van der Waals surface area contributed by atoms with Gasteiger partial charge in [-0.05, 0) is 60.5 Å². The number of halogens is 1. The fourth-order valence-electron chi connectivity index (χ4n) is 3.15. The zero-order valence-electron chi connectivity index (χ0n) is 16.5. The first kappa shape index (κ1) is 19.7. The van der Waals surface area contributed by atoms with Crippen LogP contribution in [0.4, 0.5) is 5.69 Å². The van der Waals surface area contributed by atoms with Crippen LogP contribution in [-0.2, 0) is 6.54 Å². The van der Waals surface area contributed by atoms with Gasteiger partial charge in [0.05, 0.1) is 13.7 Å². The van der Waals surface area contributed by atoms with E-state index in [0.29, 0.717) is 23.1 Å². The maximum Gasteiger partial charge on any atom is 0.280 e. The van der Waals surface area contributed by atoms with Crippen LogP contribution in [0.5, 0.6) is 5.75 Å². The summed E-state index contributed by atoms with van der Waals surface area (Å²) < 4.78 is 8.74. The highest BCUT2D eigenvalue weighted by Gasteiger charge is 2.22. The minimum Gasteiger partial charge on any atom is -0.497 e. The number of nitrogens with zero attached hydrogens (tertiary/aromatic N) is 4. The molecule has 0 atom stereocenters. The largest absolute Gasteiger partial charge is 0.497 e. The average Bonchev–Trinajstić information content (AvgIpc) is 3.40. The number of methoxy groups -OCH3 is 1. The lowest BCUT2D eigenvalue weighted by molar-refractivity contribution is 0.102. The van der Waals surface area contributed by atoms with Gasteiger partial charge in [0.2, 0.25) is 0 Å². The smallest absolute Gasteiger partial charge is 0.280 e. The summed E-state index contributed by atoms with van der Waals surface area (Å²) in [4.78, 5) is 13.0. The molecule has 0 spiro atoms. The molecule has 8 heteroatoms. The number of carbonyl (C=O) groups excluding carboxylic acids is 1. The molecule has 2 aromatic heterocycles. The van der Waals surface area contributed by atoms with Crippen LogP contribution >= 0.6 is 11.6 Å². The number of amides is 1. The standard InChI is InChI=1S/C22H20ClN5O2/c1-15-13-17(23)7-10-19(15)24-21(29)20-22(27-11-3-4-12-27)28(26-25-20)14-16-5-8-18(30-2)9-6-16/h3-13H,14H2,1-2H3,(H,24,29). The van der Waals surface area contributed by atoms with Gasteiger partial charge in [0.1, 0.15) is 5.75 Å². The van der Waals surface area contributed by atoms with Crippen molar-refractivity contribution in [3.63, 3.8) is 0 Å². The van der Waals surface area contributed by atoms with E-state index in [-0.39, 0.29) is 11.6 Å². The Hall–Kier alpha value is -3.58. The molecule has 0 aliphatic carbocycles. The molecule has 4 rings (SSSR count). The fraction of sp³-hybridized carbons (Fsp3) is 0.136. The SMILES string of the molecule is COc1ccc(Cn2nnc(C(=O)Nc3ccc(Cl)cc3C)c2-n2cccc2)cc1. The number of aryl methyl sites for hydroxylation is 1. The van der Waals surface area contributed by atoms with Crippen LogP contribution in [0.25, 0.3) is 5.82 Å². The lowest BCUT2D eigenvalue weighted by atomic mass is 10.2. The fourth-order valence-corrected chi connectivity index (χ4v) is 3.37. The van der Waals surface area contributed by atoms with E-state index in [4.69, 9.17) is 16.3 Å². The van der Waals surface area contributed by atoms with Crippen LogP contribution in [0.15, 0.2) is 67.0 Å². The van der Waals surface area contributed by atoms with Crippen LogP contribution in [0.2, 0.25) is 5.02 Å². The molecule has 7 nitrogen and oxygen atoms in total. The van der Waals surface area contributed by atoms with Crippen molar-refractivity contribution in [2.75, 3.05) is 12.4 Å². The second-order valence-corrected chi connectivity index (χ2v) is 7.21. The Kier molecular flexibility index (Phi) is 5.54. The Balaban J connectivity index is 1.67. The van der Waals surface area contributed by atoms with E-state index in [1.54, 1.807) is 30.0 Å². The molecule has 1 N–H and O–H groups in total. The number of aromatic nitrogens is 4. The molecule has 152 valence electrons. The van der Waals surface area contributed by atoms with Gasteiger partial charge in [-0.15, -0.1) is 5.10 Å². The Morgan fingerprint density at radius 3 is 2.53 bits per heavy atom. The third-order valence-corrected chi connectivity index (χ3v) is 4.94. The Morgan fingerprint density at radius 2 is 1.87 bits per heavy atom. The topological polar surface area (TPSA) is 74.0 Å². The van der Waals surface area contributed by atoms with Gasteiger partial charge in [0.15, 0.2) is 11.5 Å². The first-order valence-electron chi connectivity index (χ1n) is 9.32. The minimum atomic E-state index is -0.342. The van der Waals surface area contributed by atoms with Crippen molar-refractivity contribution >= 4 is 23.2 Å². The summed E-state index contributed by atoms with van der Waals surface area (Å²) in [5.74, 6) is 1.02. The summed E-state index contributed by atoms with van der Waals surface area (Å²) in [6, 6.07) is 16.8. The molecule has 0 bridgehead atoms. The number of hydrogen-bond donors (Lipinski definition) is 1. The van der Waals surface area contributed by atoms with Crippen molar-refractivity contribution in [2.24, 2.45) is 0 Å². The lowest BCUT2D eigenvalue weighted by Gasteiger charge is -2.11. The van der Waals surface area contributed by atoms with Crippen molar-refractivity contribution in [3.8, 4) is 11.6 Å². The normalized spacial score (nSPS) is 10.8. The van der Waals surface area contributed by atoms with E-state index in [1.807, 2.05) is 60.3 Å². The highest BCUT2D eigenvalue weighted by molar-refractivity contribution is 6.30. The number of nitrogens with one attached hydrogen (secondary N) is 1. The van der Waals surface area contributed by atoms with E-state index in [1.165, 1.54) is 0 Å². The van der Waals surface area contributed by atoms with Gasteiger partial charge in [0.25, 0.3) is 5.91 Å². The number of ether oxygens (including phenoxy) is 1. The van der Waals surface area contributed by atoms with Gasteiger partial charge in [-0.3, -0.25) is 4.79 Å². The maximum atomic E-state index is 13.0. The Morgan fingerprint density at radius 1 is 1.13 bits per heavy atom. The molecule has 0 saturated heterocycles. The predicted molar refractivity (Wildman–Crippen MR) is 116 cm³/mol. The number of anilines is 1. The summed E-state index contributed by atoms with van der Waals surface area (Å²) in [5, 5.41) is 11.9. The van der Waals surface area contributed by atoms with Crippen molar-refractivity contribution in [1.82, 2.24) is 19.6 Å². The van der Waals surface area contributed by atoms with Crippen LogP contribution in [-0.4, -0.2) is 32.6 Å². The van der Waals surface area contributed by atoms with E-state index in [0.717, 1.165) is 16.9 Å². The Bertz CT molecular complexity index is 1170. The summed E-state index contributed by atoms with van der Waals surface area (Å²) in [6.07, 6.45) is 3.71. The van der Waals surface area contributed by atoms with Crippen LogP contribution in [0.3, 0.4) is 0 Å². The highest BCUT2D eigenvalue weighted by atomic mass is 35.5. The molecule has 2 aromatic carbocycles. The molecule has 0 aliphatic heterocycles. The van der Waals surface area contributed by atoms with Gasteiger partial charge >= 0.3 is 0 Å². The first-order chi connectivity index (χ1) is 14.5. The van der Waals surface area contributed by atoms with Crippen molar-refractivity contribution in [1.29, 1.82) is 0 Å². The molecule has 0 saturated carbocycles. The molecule has 1 amide bonds. The van der Waals surface area contributed by atoms with E-state index >= 15 is 0 Å². The molecule has 30 heavy (non-hydrogen) atoms. The maximum absolute atomic E-state index is 13.0. The third kappa shape index (κ3) is 4.06. The summed E-state index contributed by atoms with van der Waals surface area (Å²) in [5.41, 5.74) is 2.78. The number of benzene rings is 2. The van der Waals surface area contributed by atoms with Gasteiger partial charge in [-0.25, -0.2) is 4.68 Å². The average molecular weight is 422 g/mol. The first-order valence-corrected chi connectivity index (χ1v) is 9.70. The van der Waals surface area contributed by atoms with Gasteiger partial charge < -0.3 is 14.6 Å². The van der Waals surface area contributed by atoms with E-state index in [2.05, 4.69) is 15.6 Å². The quantitative estimate of drug-likeness (QED) is 0.502. The molecular formula is C22H20ClN5O2.